The number of ether oxygens (including phenoxy) is 2. The number of nitrogens with one attached hydrogen (secondary N) is 1. The van der Waals surface area contributed by atoms with Gasteiger partial charge in [-0.2, -0.15) is 0 Å². The Hall–Kier alpha value is -2.79. The Morgan fingerprint density at radius 3 is 2.24 bits per heavy atom. The quantitative estimate of drug-likeness (QED) is 0.728. The molecule has 1 atom stereocenters. The summed E-state index contributed by atoms with van der Waals surface area (Å²) in [6.07, 6.45) is 0. The summed E-state index contributed by atoms with van der Waals surface area (Å²) in [4.78, 5) is 12.0. The lowest BCUT2D eigenvalue weighted by Crippen LogP contribution is -2.30. The highest BCUT2D eigenvalue weighted by Gasteiger charge is 2.42. The highest BCUT2D eigenvalue weighted by Crippen LogP contribution is 2.34. The van der Waals surface area contributed by atoms with Crippen molar-refractivity contribution in [1.29, 1.82) is 0 Å². The number of nitrogens with zero attached hydrogens (tertiary/aromatic N) is 1. The number of hydrogen-bond donors (Lipinski definition) is 1. The van der Waals surface area contributed by atoms with Crippen molar-refractivity contribution >= 4 is 37.3 Å². The Morgan fingerprint density at radius 1 is 1.07 bits per heavy atom. The first kappa shape index (κ1) is 20.9. The molecule has 0 saturated carbocycles. The van der Waals surface area contributed by atoms with Crippen molar-refractivity contribution in [3.8, 4) is 11.5 Å². The van der Waals surface area contributed by atoms with Crippen molar-refractivity contribution in [2.75, 3.05) is 29.0 Å². The van der Waals surface area contributed by atoms with Crippen molar-refractivity contribution in [3.63, 3.8) is 0 Å². The van der Waals surface area contributed by atoms with Gasteiger partial charge in [-0.05, 0) is 42.5 Å². The van der Waals surface area contributed by atoms with E-state index >= 15 is 0 Å². The second kappa shape index (κ2) is 7.56. The molecule has 2 aromatic rings. The second-order valence-corrected chi connectivity index (χ2v) is 9.96. The third-order valence-electron chi connectivity index (χ3n) is 4.37. The van der Waals surface area contributed by atoms with E-state index in [2.05, 4.69) is 4.72 Å². The molecule has 1 saturated heterocycles. The maximum atomic E-state index is 12.9. The van der Waals surface area contributed by atoms with Crippen LogP contribution in [0.2, 0.25) is 0 Å². The van der Waals surface area contributed by atoms with Crippen LogP contribution in [0.5, 0.6) is 11.5 Å². The van der Waals surface area contributed by atoms with E-state index < -0.39 is 31.9 Å². The first-order valence-electron chi connectivity index (χ1n) is 8.51. The van der Waals surface area contributed by atoms with Gasteiger partial charge in [0, 0.05) is 5.69 Å². The minimum atomic E-state index is -4.14. The Balaban J connectivity index is 2.03. The molecule has 1 fully saturated rings. The molecule has 11 heteroatoms. The molecule has 0 aromatic heterocycles. The van der Waals surface area contributed by atoms with Crippen LogP contribution in [0.3, 0.4) is 0 Å². The van der Waals surface area contributed by atoms with E-state index in [-0.39, 0.29) is 27.8 Å². The molecule has 0 bridgehead atoms. The van der Waals surface area contributed by atoms with Gasteiger partial charge in [0.05, 0.1) is 31.6 Å². The predicted molar refractivity (Wildman–Crippen MR) is 107 cm³/mol. The van der Waals surface area contributed by atoms with Crippen LogP contribution in [0.15, 0.2) is 47.4 Å². The monoisotopic (exact) mass is 440 g/mol. The van der Waals surface area contributed by atoms with Crippen LogP contribution in [0.25, 0.3) is 0 Å². The fourth-order valence-electron chi connectivity index (χ4n) is 2.96. The van der Waals surface area contributed by atoms with Crippen molar-refractivity contribution in [1.82, 2.24) is 0 Å². The summed E-state index contributed by atoms with van der Waals surface area (Å²) in [5.41, 5.74) is 0.215. The molecule has 1 heterocycles. The Kier molecular flexibility index (Phi) is 5.46. The molecule has 156 valence electrons. The van der Waals surface area contributed by atoms with Crippen molar-refractivity contribution in [2.24, 2.45) is 5.92 Å². The topological polar surface area (TPSA) is 119 Å². The van der Waals surface area contributed by atoms with Crippen molar-refractivity contribution < 1.29 is 31.1 Å². The highest BCUT2D eigenvalue weighted by atomic mass is 32.2. The number of amides is 1. The van der Waals surface area contributed by atoms with Gasteiger partial charge in [0.15, 0.2) is 0 Å². The van der Waals surface area contributed by atoms with E-state index in [4.69, 9.17) is 9.47 Å². The number of sulfonamides is 2. The smallest absolute Gasteiger partial charge is 0.265 e. The number of methoxy groups -OCH3 is 2. The summed E-state index contributed by atoms with van der Waals surface area (Å²) >= 11 is 0. The Bertz CT molecular complexity index is 1140. The van der Waals surface area contributed by atoms with Crippen LogP contribution in [0.4, 0.5) is 11.4 Å². The van der Waals surface area contributed by atoms with E-state index in [1.165, 1.54) is 45.4 Å². The summed E-state index contributed by atoms with van der Waals surface area (Å²) in [5, 5.41) is 0. The maximum absolute atomic E-state index is 12.9. The average molecular weight is 440 g/mol. The normalized spacial score (nSPS) is 18.5. The Morgan fingerprint density at radius 2 is 1.72 bits per heavy atom. The van der Waals surface area contributed by atoms with E-state index in [1.807, 2.05) is 0 Å². The molecule has 1 aliphatic heterocycles. The molecule has 1 amide bonds. The molecule has 9 nitrogen and oxygen atoms in total. The zero-order chi connectivity index (χ0) is 21.4. The van der Waals surface area contributed by atoms with Gasteiger partial charge in [0.1, 0.15) is 16.4 Å². The third-order valence-corrected chi connectivity index (χ3v) is 7.64. The number of carbonyl (C=O) groups is 1. The van der Waals surface area contributed by atoms with Crippen LogP contribution in [-0.4, -0.2) is 42.7 Å². The standard InChI is InChI=1S/C18H20N2O7S2/c1-12-11-28(22,23)20(18(12)21)14-6-9-16(27-3)17(10-14)29(24,25)19-13-4-7-15(26-2)8-5-13/h4-10,12,19H,11H2,1-3H3/t12-/m0/s1. The molecule has 3 rings (SSSR count). The zero-order valence-electron chi connectivity index (χ0n) is 15.9. The molecule has 0 unspecified atom stereocenters. The number of rotatable bonds is 6. The summed E-state index contributed by atoms with van der Waals surface area (Å²) in [7, 11) is -5.23. The summed E-state index contributed by atoms with van der Waals surface area (Å²) in [6, 6.07) is 9.96. The number of carbonyl (C=O) groups excluding carboxylic acids is 1. The number of anilines is 2. The van der Waals surface area contributed by atoms with Crippen LogP contribution in [0.1, 0.15) is 6.92 Å². The highest BCUT2D eigenvalue weighted by molar-refractivity contribution is 7.94. The zero-order valence-corrected chi connectivity index (χ0v) is 17.6. The van der Waals surface area contributed by atoms with Gasteiger partial charge in [-0.25, -0.2) is 21.1 Å². The average Bonchev–Trinajstić information content (AvgIpc) is 2.88. The minimum Gasteiger partial charge on any atom is -0.497 e. The van der Waals surface area contributed by atoms with Crippen molar-refractivity contribution in [2.45, 2.75) is 11.8 Å². The molecule has 0 radical (unpaired) electrons. The van der Waals surface area contributed by atoms with E-state index in [0.29, 0.717) is 10.1 Å². The molecule has 1 aliphatic rings. The van der Waals surface area contributed by atoms with E-state index in [9.17, 15) is 21.6 Å². The lowest BCUT2D eigenvalue weighted by molar-refractivity contribution is -0.119. The fraction of sp³-hybridized carbons (Fsp3) is 0.278. The van der Waals surface area contributed by atoms with E-state index in [0.717, 1.165) is 6.07 Å². The molecule has 0 spiro atoms. The van der Waals surface area contributed by atoms with Gasteiger partial charge in [-0.1, -0.05) is 6.92 Å². The lowest BCUT2D eigenvalue weighted by Gasteiger charge is -2.18. The maximum Gasteiger partial charge on any atom is 0.265 e. The summed E-state index contributed by atoms with van der Waals surface area (Å²) in [5.74, 6) is -1.09. The molecular formula is C18H20N2O7S2. The van der Waals surface area contributed by atoms with E-state index in [1.54, 1.807) is 12.1 Å². The minimum absolute atomic E-state index is 0.00635. The van der Waals surface area contributed by atoms with Crippen LogP contribution < -0.4 is 18.5 Å². The summed E-state index contributed by atoms with van der Waals surface area (Å²) in [6.45, 7) is 1.51. The Labute approximate surface area is 169 Å². The first-order valence-corrected chi connectivity index (χ1v) is 11.6. The van der Waals surface area contributed by atoms with Gasteiger partial charge >= 0.3 is 0 Å². The first-order chi connectivity index (χ1) is 13.6. The molecule has 1 N–H and O–H groups in total. The van der Waals surface area contributed by atoms with Crippen LogP contribution >= 0.6 is 0 Å². The molecular weight excluding hydrogens is 420 g/mol. The van der Waals surface area contributed by atoms with Crippen LogP contribution in [0, 0.1) is 5.92 Å². The van der Waals surface area contributed by atoms with Gasteiger partial charge in [0.25, 0.3) is 10.0 Å². The predicted octanol–water partition coefficient (Wildman–Crippen LogP) is 1.82. The fourth-order valence-corrected chi connectivity index (χ4v) is 6.02. The van der Waals surface area contributed by atoms with Gasteiger partial charge < -0.3 is 9.47 Å². The number of benzene rings is 2. The lowest BCUT2D eigenvalue weighted by atomic mass is 10.2. The van der Waals surface area contributed by atoms with Gasteiger partial charge in [-0.15, -0.1) is 0 Å². The number of hydrogen-bond acceptors (Lipinski definition) is 7. The summed E-state index contributed by atoms with van der Waals surface area (Å²) < 4.78 is 63.8. The SMILES string of the molecule is COc1ccc(NS(=O)(=O)c2cc(N3C(=O)[C@@H](C)CS3(=O)=O)ccc2OC)cc1. The molecule has 0 aliphatic carbocycles. The third kappa shape index (κ3) is 4.01. The van der Waals surface area contributed by atoms with Crippen LogP contribution in [-0.2, 0) is 24.8 Å². The largest absolute Gasteiger partial charge is 0.497 e. The van der Waals surface area contributed by atoms with Gasteiger partial charge in [-0.3, -0.25) is 9.52 Å². The second-order valence-electron chi connectivity index (χ2n) is 6.45. The molecule has 2 aromatic carbocycles. The van der Waals surface area contributed by atoms with Crippen molar-refractivity contribution in [3.05, 3.63) is 42.5 Å². The molecule has 29 heavy (non-hydrogen) atoms. The van der Waals surface area contributed by atoms with Gasteiger partial charge in [0.2, 0.25) is 15.9 Å².